The minimum absolute atomic E-state index is 0.0955. The number of hydrogen-bond donors (Lipinski definition) is 1. The summed E-state index contributed by atoms with van der Waals surface area (Å²) in [5.74, 6) is -0.0954. The first-order valence-electron chi connectivity index (χ1n) is 21.8. The quantitative estimate of drug-likeness (QED) is 0.122. The van der Waals surface area contributed by atoms with Gasteiger partial charge < -0.3 is 14.6 Å². The van der Waals surface area contributed by atoms with Gasteiger partial charge in [0.05, 0.1) is 22.9 Å². The molecule has 0 atom stereocenters. The van der Waals surface area contributed by atoms with Crippen molar-refractivity contribution in [3.63, 3.8) is 0 Å². The van der Waals surface area contributed by atoms with E-state index in [0.29, 0.717) is 52.3 Å². The third-order valence-electron chi connectivity index (χ3n) is 11.2. The first-order valence-corrected chi connectivity index (χ1v) is 23.5. The maximum Gasteiger partial charge on any atom is 0.416 e. The van der Waals surface area contributed by atoms with Crippen molar-refractivity contribution < 1.29 is 33.0 Å². The first-order chi connectivity index (χ1) is 31.4. The summed E-state index contributed by atoms with van der Waals surface area (Å²) in [5.41, 5.74) is -0.709. The number of halogens is 2. The fraction of sp³-hybridized carbons (Fsp3) is 0.447. The number of nitrogens with zero attached hydrogens (tertiary/aromatic N) is 10. The molecule has 19 heteroatoms. The number of anilines is 2. The van der Waals surface area contributed by atoms with Gasteiger partial charge in [0.25, 0.3) is 0 Å². The minimum atomic E-state index is -0.715. The van der Waals surface area contributed by atoms with E-state index in [4.69, 9.17) is 9.47 Å². The van der Waals surface area contributed by atoms with Crippen LogP contribution in [0.4, 0.5) is 30.0 Å². The molecule has 6 heterocycles. The Morgan fingerprint density at radius 2 is 1.08 bits per heavy atom. The van der Waals surface area contributed by atoms with Crippen LogP contribution >= 0.6 is 22.7 Å². The first kappa shape index (κ1) is 48.0. The predicted octanol–water partition coefficient (Wildman–Crippen LogP) is 10.0. The molecule has 0 unspecified atom stereocenters. The number of aliphatic hydroxyl groups is 1. The van der Waals surface area contributed by atoms with Crippen LogP contribution in [-0.2, 0) is 33.3 Å². The molecule has 8 rings (SSSR count). The average Bonchev–Trinajstić information content (AvgIpc) is 3.94. The number of carbonyl (C=O) groups excluding carboxylic acids is 2. The highest BCUT2D eigenvalue weighted by molar-refractivity contribution is 7.15. The lowest BCUT2D eigenvalue weighted by atomic mass is 9.66. The van der Waals surface area contributed by atoms with E-state index in [1.165, 1.54) is 33.3 Å². The zero-order valence-corrected chi connectivity index (χ0v) is 39.8. The zero-order chi connectivity index (χ0) is 47.3. The van der Waals surface area contributed by atoms with Crippen molar-refractivity contribution in [3.05, 3.63) is 106 Å². The van der Waals surface area contributed by atoms with Gasteiger partial charge in [-0.15, -0.1) is 43.1 Å². The largest absolute Gasteiger partial charge is 0.443 e. The number of thiazole rings is 2. The van der Waals surface area contributed by atoms with Crippen molar-refractivity contribution in [3.8, 4) is 21.4 Å². The number of aromatic nitrogens is 8. The van der Waals surface area contributed by atoms with Crippen LogP contribution in [0.5, 0.6) is 0 Å². The van der Waals surface area contributed by atoms with E-state index < -0.39 is 34.2 Å². The summed E-state index contributed by atoms with van der Waals surface area (Å²) in [6.07, 6.45) is 11.1. The second kappa shape index (κ2) is 19.9. The molecule has 6 aromatic rings. The summed E-state index contributed by atoms with van der Waals surface area (Å²) in [5, 5.41) is 27.8. The molecule has 6 aromatic heterocycles. The Morgan fingerprint density at radius 1 is 0.652 bits per heavy atom. The Balaban J connectivity index is 0.000000196. The summed E-state index contributed by atoms with van der Waals surface area (Å²) in [4.78, 5) is 48.4. The van der Waals surface area contributed by atoms with E-state index >= 15 is 0 Å². The Hall–Kier alpha value is -5.92. The Morgan fingerprint density at radius 3 is 1.38 bits per heavy atom. The topological polar surface area (TPSA) is 182 Å². The van der Waals surface area contributed by atoms with Gasteiger partial charge >= 0.3 is 12.2 Å². The van der Waals surface area contributed by atoms with Gasteiger partial charge in [0.15, 0.2) is 11.6 Å². The highest BCUT2D eigenvalue weighted by atomic mass is 32.1. The second-order valence-electron chi connectivity index (χ2n) is 18.4. The molecule has 0 radical (unpaired) electrons. The number of aliphatic hydroxyl groups excluding tert-OH is 1. The summed E-state index contributed by atoms with van der Waals surface area (Å²) >= 11 is 2.88. The highest BCUT2D eigenvalue weighted by Crippen LogP contribution is 2.46. The van der Waals surface area contributed by atoms with Gasteiger partial charge in [-0.25, -0.2) is 28.3 Å². The van der Waals surface area contributed by atoms with Crippen molar-refractivity contribution in [2.24, 2.45) is 0 Å². The molecular weight excluding hydrogens is 887 g/mol. The number of pyridine rings is 2. The van der Waals surface area contributed by atoms with E-state index in [1.54, 1.807) is 87.1 Å². The smallest absolute Gasteiger partial charge is 0.416 e. The maximum absolute atomic E-state index is 14.7. The number of carbonyl (C=O) groups is 2. The molecule has 2 aliphatic carbocycles. The molecule has 2 aliphatic rings. The second-order valence-corrected chi connectivity index (χ2v) is 20.6. The van der Waals surface area contributed by atoms with E-state index in [1.807, 2.05) is 27.0 Å². The number of aryl methyl sites for hydroxylation is 1. The molecule has 0 aromatic carbocycles. The van der Waals surface area contributed by atoms with Gasteiger partial charge in [0.2, 0.25) is 0 Å². The van der Waals surface area contributed by atoms with Crippen LogP contribution in [0.15, 0.2) is 73.3 Å². The van der Waals surface area contributed by atoms with Gasteiger partial charge in [-0.3, -0.25) is 19.8 Å². The number of amides is 2. The molecule has 66 heavy (non-hydrogen) atoms. The molecule has 15 nitrogen and oxygen atoms in total. The zero-order valence-electron chi connectivity index (χ0n) is 38.1. The summed E-state index contributed by atoms with van der Waals surface area (Å²) < 4.78 is 40.6. The van der Waals surface area contributed by atoms with Gasteiger partial charge in [0.1, 0.15) is 44.2 Å². The summed E-state index contributed by atoms with van der Waals surface area (Å²) in [6.45, 7) is 13.2. The molecular formula is C47H54F2N10O5S2. The molecule has 2 fully saturated rings. The summed E-state index contributed by atoms with van der Waals surface area (Å²) in [6, 6.07) is 12.9. The maximum atomic E-state index is 14.7. The normalized spacial score (nSPS) is 15.1. The lowest BCUT2D eigenvalue weighted by Gasteiger charge is -2.44. The van der Waals surface area contributed by atoms with Crippen LogP contribution < -0.4 is 9.80 Å². The molecule has 1 N–H and O–H groups in total. The van der Waals surface area contributed by atoms with Crippen molar-refractivity contribution in [2.45, 2.75) is 122 Å². The number of rotatable bonds is 12. The molecule has 2 amide bonds. The number of ether oxygens (including phenoxy) is 2. The lowest BCUT2D eigenvalue weighted by Crippen LogP contribution is -2.50. The summed E-state index contributed by atoms with van der Waals surface area (Å²) in [7, 11) is 0. The van der Waals surface area contributed by atoms with Gasteiger partial charge in [0, 0.05) is 53.6 Å². The van der Waals surface area contributed by atoms with Crippen molar-refractivity contribution in [2.75, 3.05) is 22.9 Å². The van der Waals surface area contributed by atoms with E-state index in [2.05, 4.69) is 47.3 Å². The fourth-order valence-corrected chi connectivity index (χ4v) is 9.23. The molecule has 0 saturated heterocycles. The van der Waals surface area contributed by atoms with Crippen molar-refractivity contribution in [1.29, 1.82) is 0 Å². The van der Waals surface area contributed by atoms with E-state index in [0.717, 1.165) is 46.9 Å². The van der Waals surface area contributed by atoms with Crippen molar-refractivity contribution in [1.82, 2.24) is 40.3 Å². The van der Waals surface area contributed by atoms with E-state index in [-0.39, 0.29) is 31.3 Å². The minimum Gasteiger partial charge on any atom is -0.443 e. The SMILES string of the molecule is CC(C)(C)OC(=O)N(CC1(c2ncccc2F)CCC1)c1ccc(-c2ncc(CO)s2)nn1.CCc1cnc(-c2ccc(N(CC3(c4ncccc4F)CCC3)C(=O)OC(C)(C)C)nn2)s1. The predicted molar refractivity (Wildman–Crippen MR) is 248 cm³/mol. The average molecular weight is 941 g/mol. The molecule has 2 saturated carbocycles. The Labute approximate surface area is 390 Å². The number of hydrogen-bond acceptors (Lipinski definition) is 15. The van der Waals surface area contributed by atoms with Gasteiger partial charge in [-0.1, -0.05) is 19.8 Å². The van der Waals surface area contributed by atoms with Crippen LogP contribution in [0.2, 0.25) is 0 Å². The third kappa shape index (κ3) is 11.2. The van der Waals surface area contributed by atoms with Crippen LogP contribution in [-0.4, -0.2) is 81.9 Å². The fourth-order valence-electron chi connectivity index (χ4n) is 7.67. The Kier molecular flexibility index (Phi) is 14.5. The van der Waals surface area contributed by atoms with Crippen LogP contribution in [0, 0.1) is 11.6 Å². The molecule has 0 spiro atoms. The lowest BCUT2D eigenvalue weighted by molar-refractivity contribution is 0.0547. The van der Waals surface area contributed by atoms with Crippen LogP contribution in [0.3, 0.4) is 0 Å². The third-order valence-corrected chi connectivity index (χ3v) is 13.4. The van der Waals surface area contributed by atoms with Crippen LogP contribution in [0.25, 0.3) is 21.4 Å². The van der Waals surface area contributed by atoms with Crippen LogP contribution in [0.1, 0.15) is 108 Å². The molecule has 348 valence electrons. The van der Waals surface area contributed by atoms with Gasteiger partial charge in [-0.2, -0.15) is 0 Å². The monoisotopic (exact) mass is 940 g/mol. The van der Waals surface area contributed by atoms with Gasteiger partial charge in [-0.05, 0) is 122 Å². The highest BCUT2D eigenvalue weighted by Gasteiger charge is 2.47. The van der Waals surface area contributed by atoms with Crippen molar-refractivity contribution >= 4 is 46.5 Å². The Bertz CT molecular complexity index is 2430. The molecule has 0 aliphatic heterocycles. The standard InChI is InChI=1S/C24H28FN5O2S.C23H26FN5O3S/c1-5-16-14-27-21(33-16)18-9-10-19(29-28-18)30(22(31)32-23(2,3)4)15-24(11-7-12-24)20-17(25)8-6-13-26-20;1-22(2,3)32-21(31)29(14-23(9-5-10-23)19-16(24)6-4-11-25-19)18-8-7-17(27-28-18)20-26-12-15(13-30)33-20/h6,8-10,13-14H,5,7,11-12,15H2,1-4H3;4,6-8,11-12,30H,5,9-10,13-14H2,1-3H3. The molecule has 0 bridgehead atoms. The van der Waals surface area contributed by atoms with E-state index in [9.17, 15) is 23.5 Å².